The highest BCUT2D eigenvalue weighted by Crippen LogP contribution is 2.37. The van der Waals surface area contributed by atoms with Crippen molar-refractivity contribution >= 4 is 43.8 Å². The number of rotatable bonds is 4. The SMILES string of the molecule is OCc1ccc(-c2cc3nccc(Nc4ccc5[nH]ccc5c4)c3s2)nc1. The van der Waals surface area contributed by atoms with E-state index in [-0.39, 0.29) is 6.61 Å². The highest BCUT2D eigenvalue weighted by atomic mass is 32.1. The van der Waals surface area contributed by atoms with Crippen molar-refractivity contribution in [1.82, 2.24) is 15.0 Å². The van der Waals surface area contributed by atoms with E-state index in [0.717, 1.165) is 43.2 Å². The molecule has 0 saturated heterocycles. The summed E-state index contributed by atoms with van der Waals surface area (Å²) < 4.78 is 1.09. The number of hydrogen-bond donors (Lipinski definition) is 3. The Hall–Kier alpha value is -3.22. The number of hydrogen-bond acceptors (Lipinski definition) is 5. The van der Waals surface area contributed by atoms with Crippen molar-refractivity contribution in [2.45, 2.75) is 6.61 Å². The van der Waals surface area contributed by atoms with Crippen molar-refractivity contribution in [1.29, 1.82) is 0 Å². The van der Waals surface area contributed by atoms with Crippen LogP contribution in [0.5, 0.6) is 0 Å². The van der Waals surface area contributed by atoms with Crippen molar-refractivity contribution in [2.75, 3.05) is 5.32 Å². The second-order valence-corrected chi connectivity index (χ2v) is 7.35. The van der Waals surface area contributed by atoms with Crippen LogP contribution >= 0.6 is 11.3 Å². The van der Waals surface area contributed by atoms with Gasteiger partial charge in [-0.2, -0.15) is 0 Å². The molecule has 0 spiro atoms. The highest BCUT2D eigenvalue weighted by Gasteiger charge is 2.10. The van der Waals surface area contributed by atoms with Gasteiger partial charge in [-0.3, -0.25) is 9.97 Å². The second-order valence-electron chi connectivity index (χ2n) is 6.30. The van der Waals surface area contributed by atoms with E-state index in [9.17, 15) is 5.11 Å². The molecule has 5 rings (SSSR count). The Morgan fingerprint density at radius 1 is 1.04 bits per heavy atom. The summed E-state index contributed by atoms with van der Waals surface area (Å²) in [6.07, 6.45) is 5.47. The molecule has 0 fully saturated rings. The van der Waals surface area contributed by atoms with Crippen LogP contribution in [0.1, 0.15) is 5.56 Å². The number of fused-ring (bicyclic) bond motifs is 2. The number of thiophene rings is 1. The smallest absolute Gasteiger partial charge is 0.0837 e. The molecule has 0 unspecified atom stereocenters. The maximum atomic E-state index is 9.18. The molecule has 4 aromatic heterocycles. The number of nitrogens with one attached hydrogen (secondary N) is 2. The molecule has 5 nitrogen and oxygen atoms in total. The third-order valence-corrected chi connectivity index (χ3v) is 5.68. The Balaban J connectivity index is 1.53. The van der Waals surface area contributed by atoms with Crippen molar-refractivity contribution in [2.24, 2.45) is 0 Å². The van der Waals surface area contributed by atoms with E-state index in [1.54, 1.807) is 17.5 Å². The van der Waals surface area contributed by atoms with E-state index in [1.165, 1.54) is 5.39 Å². The van der Waals surface area contributed by atoms with Crippen LogP contribution in [-0.2, 0) is 6.61 Å². The zero-order chi connectivity index (χ0) is 18.2. The van der Waals surface area contributed by atoms with Gasteiger partial charge >= 0.3 is 0 Å². The fourth-order valence-electron chi connectivity index (χ4n) is 3.11. The van der Waals surface area contributed by atoms with Gasteiger partial charge in [0.25, 0.3) is 0 Å². The lowest BCUT2D eigenvalue weighted by Crippen LogP contribution is -1.90. The van der Waals surface area contributed by atoms with Crippen LogP contribution < -0.4 is 5.32 Å². The van der Waals surface area contributed by atoms with Crippen LogP contribution in [0.4, 0.5) is 11.4 Å². The van der Waals surface area contributed by atoms with E-state index in [2.05, 4.69) is 50.6 Å². The first-order chi connectivity index (χ1) is 13.3. The molecule has 3 N–H and O–H groups in total. The van der Waals surface area contributed by atoms with Crippen molar-refractivity contribution in [3.05, 3.63) is 72.7 Å². The van der Waals surface area contributed by atoms with Gasteiger partial charge in [0.15, 0.2) is 0 Å². The molecule has 0 radical (unpaired) electrons. The van der Waals surface area contributed by atoms with Gasteiger partial charge in [0.1, 0.15) is 0 Å². The van der Waals surface area contributed by atoms with Gasteiger partial charge in [0.2, 0.25) is 0 Å². The summed E-state index contributed by atoms with van der Waals surface area (Å²) in [5.74, 6) is 0. The minimum atomic E-state index is 0.000800. The molecule has 132 valence electrons. The first kappa shape index (κ1) is 16.0. The van der Waals surface area contributed by atoms with Gasteiger partial charge in [-0.25, -0.2) is 0 Å². The maximum absolute atomic E-state index is 9.18. The molecule has 5 aromatic rings. The molecule has 0 saturated carbocycles. The molecule has 0 aliphatic carbocycles. The summed E-state index contributed by atoms with van der Waals surface area (Å²) in [7, 11) is 0. The molecule has 0 aliphatic heterocycles. The predicted octanol–water partition coefficient (Wildman–Crippen LogP) is 5.08. The number of aliphatic hydroxyl groups excluding tert-OH is 1. The van der Waals surface area contributed by atoms with Crippen LogP contribution in [0.2, 0.25) is 0 Å². The number of pyridine rings is 2. The average Bonchev–Trinajstić information content (AvgIpc) is 3.35. The summed E-state index contributed by atoms with van der Waals surface area (Å²) in [4.78, 5) is 13.2. The van der Waals surface area contributed by atoms with E-state index < -0.39 is 0 Å². The molecule has 0 atom stereocenters. The first-order valence-electron chi connectivity index (χ1n) is 8.59. The number of anilines is 2. The molecular formula is C21H16N4OS. The lowest BCUT2D eigenvalue weighted by atomic mass is 10.2. The minimum absolute atomic E-state index is 0.000800. The zero-order valence-corrected chi connectivity index (χ0v) is 15.1. The summed E-state index contributed by atoms with van der Waals surface area (Å²) in [6, 6.07) is 16.2. The topological polar surface area (TPSA) is 73.8 Å². The van der Waals surface area contributed by atoms with Crippen LogP contribution in [0.15, 0.2) is 67.1 Å². The van der Waals surface area contributed by atoms with Gasteiger partial charge in [-0.1, -0.05) is 6.07 Å². The first-order valence-corrected chi connectivity index (χ1v) is 9.41. The number of H-pyrrole nitrogens is 1. The highest BCUT2D eigenvalue weighted by molar-refractivity contribution is 7.22. The largest absolute Gasteiger partial charge is 0.392 e. The standard InChI is InChI=1S/C21H16N4OS/c26-12-13-1-3-17(24-11-13)20-10-19-21(27-20)18(6-8-23-19)25-15-2-4-16-14(9-15)5-7-22-16/h1-11,22,26H,12H2,(H,23,25). The van der Waals surface area contributed by atoms with E-state index in [1.807, 2.05) is 30.6 Å². The summed E-state index contributed by atoms with van der Waals surface area (Å²) in [6.45, 7) is 0.000800. The zero-order valence-electron chi connectivity index (χ0n) is 14.3. The third kappa shape index (κ3) is 2.95. The Labute approximate surface area is 159 Å². The van der Waals surface area contributed by atoms with E-state index in [0.29, 0.717) is 0 Å². The van der Waals surface area contributed by atoms with Crippen molar-refractivity contribution in [3.8, 4) is 10.6 Å². The quantitative estimate of drug-likeness (QED) is 0.411. The Kier molecular flexibility index (Phi) is 3.85. The summed E-state index contributed by atoms with van der Waals surface area (Å²) >= 11 is 1.66. The predicted molar refractivity (Wildman–Crippen MR) is 110 cm³/mol. The molecule has 0 bridgehead atoms. The fourth-order valence-corrected chi connectivity index (χ4v) is 4.17. The number of nitrogens with zero attached hydrogens (tertiary/aromatic N) is 2. The molecule has 4 heterocycles. The monoisotopic (exact) mass is 372 g/mol. The molecule has 0 amide bonds. The van der Waals surface area contributed by atoms with Crippen LogP contribution in [0, 0.1) is 0 Å². The lowest BCUT2D eigenvalue weighted by Gasteiger charge is -2.07. The molecule has 6 heteroatoms. The van der Waals surface area contributed by atoms with Gasteiger partial charge in [0, 0.05) is 35.2 Å². The molecular weight excluding hydrogens is 356 g/mol. The number of benzene rings is 1. The Bertz CT molecular complexity index is 1240. The van der Waals surface area contributed by atoms with Gasteiger partial charge in [0.05, 0.1) is 33.1 Å². The van der Waals surface area contributed by atoms with Crippen molar-refractivity contribution in [3.63, 3.8) is 0 Å². The molecule has 0 aliphatic rings. The molecule has 27 heavy (non-hydrogen) atoms. The van der Waals surface area contributed by atoms with Gasteiger partial charge in [-0.15, -0.1) is 11.3 Å². The summed E-state index contributed by atoms with van der Waals surface area (Å²) in [5, 5.41) is 13.9. The Morgan fingerprint density at radius 2 is 2.00 bits per heavy atom. The van der Waals surface area contributed by atoms with Crippen LogP contribution in [0.3, 0.4) is 0 Å². The summed E-state index contributed by atoms with van der Waals surface area (Å²) in [5.41, 5.74) is 5.82. The Morgan fingerprint density at radius 3 is 2.85 bits per heavy atom. The second kappa shape index (κ2) is 6.50. The fraction of sp³-hybridized carbons (Fsp3) is 0.0476. The van der Waals surface area contributed by atoms with E-state index in [4.69, 9.17) is 0 Å². The van der Waals surface area contributed by atoms with Crippen LogP contribution in [-0.4, -0.2) is 20.1 Å². The third-order valence-electron chi connectivity index (χ3n) is 4.50. The maximum Gasteiger partial charge on any atom is 0.0837 e. The van der Waals surface area contributed by atoms with E-state index >= 15 is 0 Å². The number of aliphatic hydroxyl groups is 1. The lowest BCUT2D eigenvalue weighted by molar-refractivity contribution is 0.281. The van der Waals surface area contributed by atoms with Gasteiger partial charge in [-0.05, 0) is 48.0 Å². The normalized spacial score (nSPS) is 11.3. The number of aromatic nitrogens is 3. The van der Waals surface area contributed by atoms with Crippen LogP contribution in [0.25, 0.3) is 31.7 Å². The average molecular weight is 372 g/mol. The number of aromatic amines is 1. The minimum Gasteiger partial charge on any atom is -0.392 e. The van der Waals surface area contributed by atoms with Crippen molar-refractivity contribution < 1.29 is 5.11 Å². The van der Waals surface area contributed by atoms with Gasteiger partial charge < -0.3 is 15.4 Å². The molecule has 1 aromatic carbocycles.